The summed E-state index contributed by atoms with van der Waals surface area (Å²) in [7, 11) is 0. The van der Waals surface area contributed by atoms with E-state index < -0.39 is 0 Å². The van der Waals surface area contributed by atoms with Crippen LogP contribution in [0.15, 0.2) is 58.5 Å². The monoisotopic (exact) mass is 463 g/mol. The Hall–Kier alpha value is -2.90. The van der Waals surface area contributed by atoms with Gasteiger partial charge in [-0.05, 0) is 36.5 Å². The Balaban J connectivity index is 1.55. The molecule has 0 bridgehead atoms. The smallest absolute Gasteiger partial charge is 0.260 e. The first-order chi connectivity index (χ1) is 15.5. The highest BCUT2D eigenvalue weighted by Crippen LogP contribution is 2.36. The molecule has 0 radical (unpaired) electrons. The van der Waals surface area contributed by atoms with E-state index in [-0.39, 0.29) is 17.2 Å². The number of H-pyrrole nitrogens is 1. The molecule has 0 fully saturated rings. The lowest BCUT2D eigenvalue weighted by Gasteiger charge is -2.14. The van der Waals surface area contributed by atoms with E-state index in [1.165, 1.54) is 23.1 Å². The normalized spacial score (nSPS) is 11.1. The zero-order chi connectivity index (χ0) is 22.7. The average Bonchev–Trinajstić information content (AvgIpc) is 3.14. The van der Waals surface area contributed by atoms with Crippen molar-refractivity contribution >= 4 is 44.9 Å². The van der Waals surface area contributed by atoms with Crippen LogP contribution in [0.3, 0.4) is 0 Å². The molecule has 0 aliphatic heterocycles. The Morgan fingerprint density at radius 1 is 1.06 bits per heavy atom. The maximum atomic E-state index is 12.9. The van der Waals surface area contributed by atoms with Crippen LogP contribution >= 0.6 is 23.1 Å². The number of carbonyl (C=O) groups is 1. The summed E-state index contributed by atoms with van der Waals surface area (Å²) < 4.78 is 0. The summed E-state index contributed by atoms with van der Waals surface area (Å²) in [4.78, 5) is 34.8. The minimum atomic E-state index is -0.175. The molecule has 2 heterocycles. The van der Waals surface area contributed by atoms with Gasteiger partial charge in [-0.25, -0.2) is 4.98 Å². The molecule has 0 spiro atoms. The number of rotatable bonds is 7. The number of aryl methyl sites for hydroxylation is 3. The number of fused-ring (bicyclic) bond motifs is 1. The summed E-state index contributed by atoms with van der Waals surface area (Å²) in [5, 5.41) is 4.13. The van der Waals surface area contributed by atoms with Crippen LogP contribution in [0.1, 0.15) is 29.9 Å². The fourth-order valence-corrected chi connectivity index (χ4v) is 5.60. The summed E-state index contributed by atoms with van der Waals surface area (Å²) in [6.07, 6.45) is 1.70. The van der Waals surface area contributed by atoms with Crippen molar-refractivity contribution in [1.82, 2.24) is 9.97 Å². The van der Waals surface area contributed by atoms with Gasteiger partial charge in [0.25, 0.3) is 5.56 Å². The number of para-hydroxylation sites is 1. The highest BCUT2D eigenvalue weighted by atomic mass is 32.2. The van der Waals surface area contributed by atoms with E-state index in [0.717, 1.165) is 45.7 Å². The second-order valence-electron chi connectivity index (χ2n) is 7.45. The molecular weight excluding hydrogens is 438 g/mol. The van der Waals surface area contributed by atoms with Crippen LogP contribution in [0.4, 0.5) is 5.69 Å². The highest BCUT2D eigenvalue weighted by molar-refractivity contribution is 7.99. The van der Waals surface area contributed by atoms with Crippen molar-refractivity contribution in [2.24, 2.45) is 0 Å². The van der Waals surface area contributed by atoms with Crippen LogP contribution in [-0.4, -0.2) is 21.6 Å². The third-order valence-electron chi connectivity index (χ3n) is 5.38. The Labute approximate surface area is 195 Å². The van der Waals surface area contributed by atoms with Crippen LogP contribution in [0.2, 0.25) is 0 Å². The van der Waals surface area contributed by atoms with Gasteiger partial charge in [-0.2, -0.15) is 0 Å². The first-order valence-electron chi connectivity index (χ1n) is 10.6. The molecule has 2 aromatic heterocycles. The van der Waals surface area contributed by atoms with E-state index in [1.54, 1.807) is 0 Å². The number of carbonyl (C=O) groups excluding carboxylic acids is 1. The van der Waals surface area contributed by atoms with Gasteiger partial charge < -0.3 is 10.3 Å². The van der Waals surface area contributed by atoms with Crippen molar-refractivity contribution in [3.8, 4) is 11.1 Å². The quantitative estimate of drug-likeness (QED) is 0.268. The summed E-state index contributed by atoms with van der Waals surface area (Å²) in [5.74, 6) is 0.0617. The van der Waals surface area contributed by atoms with Crippen LogP contribution in [0, 0.1) is 6.92 Å². The number of aromatic nitrogens is 2. The average molecular weight is 464 g/mol. The molecule has 0 atom stereocenters. The number of anilines is 1. The molecule has 164 valence electrons. The molecule has 32 heavy (non-hydrogen) atoms. The molecule has 2 aromatic carbocycles. The maximum absolute atomic E-state index is 12.9. The van der Waals surface area contributed by atoms with E-state index >= 15 is 0 Å². The number of aromatic amines is 1. The number of thiophene rings is 1. The molecule has 2 N–H and O–H groups in total. The Kier molecular flexibility index (Phi) is 6.77. The number of benzene rings is 2. The third kappa shape index (κ3) is 4.49. The lowest BCUT2D eigenvalue weighted by atomic mass is 10.0. The number of nitrogens with zero attached hydrogens (tertiary/aromatic N) is 1. The van der Waals surface area contributed by atoms with E-state index in [1.807, 2.05) is 55.5 Å². The van der Waals surface area contributed by atoms with Gasteiger partial charge in [0.2, 0.25) is 5.91 Å². The van der Waals surface area contributed by atoms with Crippen LogP contribution in [-0.2, 0) is 17.6 Å². The standard InChI is InChI=1S/C25H25N3O2S2/c1-4-16-12-9-13-17(5-2)22(16)26-19(29)14-31-25-27-23(30)21-20(15(3)32-24(21)28-25)18-10-7-6-8-11-18/h6-13H,4-5,14H2,1-3H3,(H,26,29)(H,27,28,30). The van der Waals surface area contributed by atoms with Gasteiger partial charge >= 0.3 is 0 Å². The summed E-state index contributed by atoms with van der Waals surface area (Å²) in [6, 6.07) is 16.0. The van der Waals surface area contributed by atoms with Crippen molar-refractivity contribution in [1.29, 1.82) is 0 Å². The van der Waals surface area contributed by atoms with Gasteiger partial charge in [0.15, 0.2) is 5.16 Å². The van der Waals surface area contributed by atoms with E-state index in [2.05, 4.69) is 29.1 Å². The molecule has 0 saturated carbocycles. The molecule has 4 rings (SSSR count). The van der Waals surface area contributed by atoms with Gasteiger partial charge in [-0.3, -0.25) is 9.59 Å². The second-order valence-corrected chi connectivity index (χ2v) is 9.61. The fourth-order valence-electron chi connectivity index (χ4n) is 3.83. The van der Waals surface area contributed by atoms with Crippen molar-refractivity contribution in [3.05, 3.63) is 74.9 Å². The van der Waals surface area contributed by atoms with Crippen LogP contribution in [0.5, 0.6) is 0 Å². The third-order valence-corrected chi connectivity index (χ3v) is 7.25. The van der Waals surface area contributed by atoms with Crippen LogP contribution in [0.25, 0.3) is 21.3 Å². The highest BCUT2D eigenvalue weighted by Gasteiger charge is 2.17. The van der Waals surface area contributed by atoms with E-state index in [4.69, 9.17) is 0 Å². The Bertz CT molecular complexity index is 1300. The van der Waals surface area contributed by atoms with Crippen molar-refractivity contribution in [2.75, 3.05) is 11.1 Å². The van der Waals surface area contributed by atoms with Gasteiger partial charge in [-0.15, -0.1) is 11.3 Å². The number of hydrogen-bond donors (Lipinski definition) is 2. The summed E-state index contributed by atoms with van der Waals surface area (Å²) in [6.45, 7) is 6.16. The zero-order valence-electron chi connectivity index (χ0n) is 18.3. The Morgan fingerprint density at radius 2 is 1.75 bits per heavy atom. The molecule has 1 amide bonds. The molecule has 0 aliphatic rings. The van der Waals surface area contributed by atoms with Crippen molar-refractivity contribution in [2.45, 2.75) is 38.8 Å². The van der Waals surface area contributed by atoms with Gasteiger partial charge in [0, 0.05) is 16.1 Å². The van der Waals surface area contributed by atoms with Crippen LogP contribution < -0.4 is 10.9 Å². The minimum Gasteiger partial charge on any atom is -0.325 e. The Morgan fingerprint density at radius 3 is 2.41 bits per heavy atom. The lowest BCUT2D eigenvalue weighted by molar-refractivity contribution is -0.113. The topological polar surface area (TPSA) is 74.8 Å². The van der Waals surface area contributed by atoms with E-state index in [0.29, 0.717) is 15.4 Å². The van der Waals surface area contributed by atoms with Crippen molar-refractivity contribution < 1.29 is 4.79 Å². The summed E-state index contributed by atoms with van der Waals surface area (Å²) in [5.41, 5.74) is 4.91. The summed E-state index contributed by atoms with van der Waals surface area (Å²) >= 11 is 2.75. The van der Waals surface area contributed by atoms with Gasteiger partial charge in [0.05, 0.1) is 11.1 Å². The zero-order valence-corrected chi connectivity index (χ0v) is 20.0. The van der Waals surface area contributed by atoms with Crippen molar-refractivity contribution in [3.63, 3.8) is 0 Å². The SMILES string of the molecule is CCc1cccc(CC)c1NC(=O)CSc1nc2sc(C)c(-c3ccccc3)c2c(=O)[nH]1. The molecular formula is C25H25N3O2S2. The first-order valence-corrected chi connectivity index (χ1v) is 12.4. The minimum absolute atomic E-state index is 0.110. The molecule has 7 heteroatoms. The molecule has 0 unspecified atom stereocenters. The molecule has 4 aromatic rings. The van der Waals surface area contributed by atoms with Gasteiger partial charge in [0.1, 0.15) is 4.83 Å². The molecule has 0 saturated heterocycles. The second kappa shape index (κ2) is 9.71. The number of thioether (sulfide) groups is 1. The fraction of sp³-hybridized carbons (Fsp3) is 0.240. The number of amides is 1. The predicted octanol–water partition coefficient (Wildman–Crippen LogP) is 5.82. The first kappa shape index (κ1) is 22.3. The lowest BCUT2D eigenvalue weighted by Crippen LogP contribution is -2.17. The van der Waals surface area contributed by atoms with E-state index in [9.17, 15) is 9.59 Å². The molecule has 0 aliphatic carbocycles. The number of nitrogens with one attached hydrogen (secondary N) is 2. The molecule has 5 nitrogen and oxygen atoms in total. The predicted molar refractivity (Wildman–Crippen MR) is 135 cm³/mol. The maximum Gasteiger partial charge on any atom is 0.260 e. The number of hydrogen-bond acceptors (Lipinski definition) is 5. The largest absolute Gasteiger partial charge is 0.325 e. The van der Waals surface area contributed by atoms with Gasteiger partial charge in [-0.1, -0.05) is 74.1 Å².